The van der Waals surface area contributed by atoms with Crippen molar-refractivity contribution in [1.82, 2.24) is 15.0 Å². The summed E-state index contributed by atoms with van der Waals surface area (Å²) in [6.45, 7) is 0.245. The molecule has 0 N–H and O–H groups in total. The van der Waals surface area contributed by atoms with Crippen LogP contribution in [0.5, 0.6) is 0 Å². The number of carbonyl (C=O) groups is 1. The van der Waals surface area contributed by atoms with Crippen LogP contribution in [0.1, 0.15) is 35.9 Å². The van der Waals surface area contributed by atoms with Crippen LogP contribution in [-0.2, 0) is 34.0 Å². The van der Waals surface area contributed by atoms with Gasteiger partial charge in [0.1, 0.15) is 5.76 Å². The van der Waals surface area contributed by atoms with Gasteiger partial charge in [-0.3, -0.25) is 4.79 Å². The third-order valence-electron chi connectivity index (χ3n) is 5.14. The number of benzene rings is 1. The van der Waals surface area contributed by atoms with Crippen molar-refractivity contribution in [3.05, 3.63) is 71.8 Å². The van der Waals surface area contributed by atoms with Crippen LogP contribution < -0.4 is 0 Å². The molecule has 0 bridgehead atoms. The quantitative estimate of drug-likeness (QED) is 0.541. The van der Waals surface area contributed by atoms with Crippen LogP contribution in [-0.4, -0.2) is 46.9 Å². The predicted molar refractivity (Wildman–Crippen MR) is 108 cm³/mol. The molecule has 2 aromatic heterocycles. The highest BCUT2D eigenvalue weighted by Crippen LogP contribution is 2.22. The minimum atomic E-state index is -3.11. The average molecular weight is 429 g/mol. The van der Waals surface area contributed by atoms with Crippen molar-refractivity contribution >= 4 is 15.7 Å². The zero-order chi connectivity index (χ0) is 21.0. The van der Waals surface area contributed by atoms with Gasteiger partial charge < -0.3 is 13.8 Å². The van der Waals surface area contributed by atoms with E-state index in [1.165, 1.54) is 6.26 Å². The molecule has 3 heterocycles. The van der Waals surface area contributed by atoms with Crippen molar-refractivity contribution < 1.29 is 22.2 Å². The van der Waals surface area contributed by atoms with Crippen molar-refractivity contribution in [3.63, 3.8) is 0 Å². The van der Waals surface area contributed by atoms with Gasteiger partial charge in [-0.1, -0.05) is 35.5 Å². The molecule has 0 spiro atoms. The fourth-order valence-corrected chi connectivity index (χ4v) is 5.34. The Labute approximate surface area is 174 Å². The number of sulfone groups is 1. The fourth-order valence-electron chi connectivity index (χ4n) is 3.61. The topological polar surface area (TPSA) is 107 Å². The van der Waals surface area contributed by atoms with E-state index in [1.807, 2.05) is 30.3 Å². The first-order valence-electron chi connectivity index (χ1n) is 9.86. The summed E-state index contributed by atoms with van der Waals surface area (Å²) in [5.74, 6) is 1.52. The Morgan fingerprint density at radius 1 is 1.17 bits per heavy atom. The van der Waals surface area contributed by atoms with Gasteiger partial charge in [-0.15, -0.1) is 0 Å². The molecule has 0 radical (unpaired) electrons. The molecular weight excluding hydrogens is 406 g/mol. The van der Waals surface area contributed by atoms with Crippen LogP contribution in [0.25, 0.3) is 0 Å². The molecule has 3 aromatic rings. The second-order valence-corrected chi connectivity index (χ2v) is 9.65. The van der Waals surface area contributed by atoms with Gasteiger partial charge in [0.2, 0.25) is 11.8 Å². The number of aromatic nitrogens is 2. The van der Waals surface area contributed by atoms with E-state index in [1.54, 1.807) is 17.0 Å². The minimum Gasteiger partial charge on any atom is -0.467 e. The normalized spacial score (nSPS) is 17.8. The molecule has 4 rings (SSSR count). The van der Waals surface area contributed by atoms with Crippen LogP contribution in [0, 0.1) is 0 Å². The minimum absolute atomic E-state index is 0.0127. The first-order chi connectivity index (χ1) is 14.5. The third kappa shape index (κ3) is 5.15. The molecule has 0 saturated carbocycles. The first-order valence-corrected chi connectivity index (χ1v) is 11.7. The Morgan fingerprint density at radius 3 is 2.70 bits per heavy atom. The Kier molecular flexibility index (Phi) is 5.98. The fraction of sp³-hybridized carbons (Fsp3) is 0.381. The van der Waals surface area contributed by atoms with Gasteiger partial charge >= 0.3 is 0 Å². The summed E-state index contributed by atoms with van der Waals surface area (Å²) in [4.78, 5) is 18.9. The highest BCUT2D eigenvalue weighted by Gasteiger charge is 2.35. The van der Waals surface area contributed by atoms with Crippen LogP contribution in [0.15, 0.2) is 57.7 Å². The molecule has 0 aliphatic carbocycles. The standard InChI is InChI=1S/C21H23N3O5S/c25-21(9-8-20-22-19(23-29-20)13-16-5-2-1-3-6-16)24(14-18-7-4-11-28-18)17-10-12-30(26,27)15-17/h1-7,11,17H,8-10,12-15H2/t17-/m0/s1. The number of hydrogen-bond acceptors (Lipinski definition) is 7. The summed E-state index contributed by atoms with van der Waals surface area (Å²) in [5.41, 5.74) is 1.08. The van der Waals surface area contributed by atoms with E-state index < -0.39 is 9.84 Å². The van der Waals surface area contributed by atoms with E-state index in [2.05, 4.69) is 10.1 Å². The SMILES string of the molecule is O=C(CCc1nc(Cc2ccccc2)no1)N(Cc1ccco1)[C@H]1CCS(=O)(=O)C1. The maximum absolute atomic E-state index is 12.9. The number of furan rings is 1. The molecule has 9 heteroatoms. The molecule has 1 atom stereocenters. The number of amides is 1. The summed E-state index contributed by atoms with van der Waals surface area (Å²) >= 11 is 0. The molecule has 1 amide bonds. The van der Waals surface area contributed by atoms with Gasteiger partial charge in [0.15, 0.2) is 15.7 Å². The average Bonchev–Trinajstić information content (AvgIpc) is 3.47. The second kappa shape index (κ2) is 8.83. The third-order valence-corrected chi connectivity index (χ3v) is 6.89. The van der Waals surface area contributed by atoms with Gasteiger partial charge in [0, 0.05) is 25.3 Å². The number of hydrogen-bond donors (Lipinski definition) is 0. The maximum Gasteiger partial charge on any atom is 0.227 e. The first kappa shape index (κ1) is 20.3. The monoisotopic (exact) mass is 429 g/mol. The highest BCUT2D eigenvalue weighted by atomic mass is 32.2. The van der Waals surface area contributed by atoms with Crippen molar-refractivity contribution in [2.45, 2.75) is 38.3 Å². The number of aryl methyl sites for hydroxylation is 1. The second-order valence-electron chi connectivity index (χ2n) is 7.42. The molecule has 1 aliphatic rings. The Bertz CT molecular complexity index is 1080. The van der Waals surface area contributed by atoms with Crippen molar-refractivity contribution in [2.75, 3.05) is 11.5 Å². The Hall–Kier alpha value is -2.94. The number of rotatable bonds is 8. The zero-order valence-electron chi connectivity index (χ0n) is 16.4. The van der Waals surface area contributed by atoms with E-state index >= 15 is 0 Å². The lowest BCUT2D eigenvalue weighted by molar-refractivity contribution is -0.134. The van der Waals surface area contributed by atoms with Crippen molar-refractivity contribution in [2.24, 2.45) is 0 Å². The largest absolute Gasteiger partial charge is 0.467 e. The summed E-state index contributed by atoms with van der Waals surface area (Å²) < 4.78 is 34.5. The molecular formula is C21H23N3O5S. The molecule has 30 heavy (non-hydrogen) atoms. The molecule has 1 saturated heterocycles. The van der Waals surface area contributed by atoms with Crippen LogP contribution in [0.2, 0.25) is 0 Å². The van der Waals surface area contributed by atoms with Gasteiger partial charge in [-0.2, -0.15) is 4.98 Å². The molecule has 8 nitrogen and oxygen atoms in total. The number of carbonyl (C=O) groups excluding carboxylic acids is 1. The maximum atomic E-state index is 12.9. The van der Waals surface area contributed by atoms with Crippen molar-refractivity contribution in [1.29, 1.82) is 0 Å². The Morgan fingerprint density at radius 2 is 2.00 bits per heavy atom. The van der Waals surface area contributed by atoms with E-state index in [9.17, 15) is 13.2 Å². The van der Waals surface area contributed by atoms with Gasteiger partial charge in [0.05, 0.1) is 24.3 Å². The van der Waals surface area contributed by atoms with E-state index in [0.29, 0.717) is 36.7 Å². The van der Waals surface area contributed by atoms with Gasteiger partial charge in [-0.05, 0) is 24.1 Å². The molecule has 158 valence electrons. The predicted octanol–water partition coefficient (Wildman–Crippen LogP) is 2.40. The van der Waals surface area contributed by atoms with Crippen LogP contribution in [0.3, 0.4) is 0 Å². The molecule has 1 aliphatic heterocycles. The van der Waals surface area contributed by atoms with E-state index in [0.717, 1.165) is 5.56 Å². The smallest absolute Gasteiger partial charge is 0.227 e. The summed E-state index contributed by atoms with van der Waals surface area (Å²) in [7, 11) is -3.11. The molecule has 0 unspecified atom stereocenters. The lowest BCUT2D eigenvalue weighted by Crippen LogP contribution is -2.40. The summed E-state index contributed by atoms with van der Waals surface area (Å²) in [6.07, 6.45) is 2.99. The van der Waals surface area contributed by atoms with E-state index in [4.69, 9.17) is 8.94 Å². The molecule has 1 fully saturated rings. The number of nitrogens with zero attached hydrogens (tertiary/aromatic N) is 3. The van der Waals surface area contributed by atoms with Crippen molar-refractivity contribution in [3.8, 4) is 0 Å². The van der Waals surface area contributed by atoms with Crippen LogP contribution in [0.4, 0.5) is 0 Å². The lowest BCUT2D eigenvalue weighted by atomic mass is 10.1. The van der Waals surface area contributed by atoms with Gasteiger partial charge in [0.25, 0.3) is 0 Å². The van der Waals surface area contributed by atoms with Gasteiger partial charge in [-0.25, -0.2) is 8.42 Å². The van der Waals surface area contributed by atoms with Crippen LogP contribution >= 0.6 is 0 Å². The van der Waals surface area contributed by atoms with E-state index in [-0.39, 0.29) is 36.4 Å². The summed E-state index contributed by atoms with van der Waals surface area (Å²) in [6, 6.07) is 13.0. The highest BCUT2D eigenvalue weighted by molar-refractivity contribution is 7.91. The zero-order valence-corrected chi connectivity index (χ0v) is 17.3. The molecule has 1 aromatic carbocycles. The summed E-state index contributed by atoms with van der Waals surface area (Å²) in [5, 5.41) is 3.99. The Balaban J connectivity index is 1.39. The lowest BCUT2D eigenvalue weighted by Gasteiger charge is -2.27.